The van der Waals surface area contributed by atoms with Crippen LogP contribution in [0.3, 0.4) is 0 Å². The number of benzene rings is 1. The molecule has 0 N–H and O–H groups in total. The van der Waals surface area contributed by atoms with Crippen molar-refractivity contribution in [3.63, 3.8) is 0 Å². The van der Waals surface area contributed by atoms with Gasteiger partial charge >= 0.3 is 0 Å². The largest absolute Gasteiger partial charge is 0.366 e. The van der Waals surface area contributed by atoms with Gasteiger partial charge in [-0.3, -0.25) is 0 Å². The van der Waals surface area contributed by atoms with Crippen LogP contribution in [-0.4, -0.2) is 61.7 Å². The SMILES string of the molecule is CC(C)N1c2ccc(CCCN3CCN(C)CC3)cc2CC1C. The van der Waals surface area contributed by atoms with Crippen molar-refractivity contribution in [1.82, 2.24) is 9.80 Å². The number of anilines is 1. The van der Waals surface area contributed by atoms with E-state index in [-0.39, 0.29) is 0 Å². The van der Waals surface area contributed by atoms with Crippen LogP contribution in [0.1, 0.15) is 38.3 Å². The van der Waals surface area contributed by atoms with Gasteiger partial charge in [0.2, 0.25) is 0 Å². The number of rotatable bonds is 5. The maximum Gasteiger partial charge on any atom is 0.0404 e. The van der Waals surface area contributed by atoms with E-state index in [0.717, 1.165) is 0 Å². The van der Waals surface area contributed by atoms with E-state index in [1.54, 1.807) is 5.56 Å². The Balaban J connectivity index is 1.53. The Bertz CT molecular complexity index is 518. The summed E-state index contributed by atoms with van der Waals surface area (Å²) < 4.78 is 0. The van der Waals surface area contributed by atoms with Crippen LogP contribution >= 0.6 is 0 Å². The highest BCUT2D eigenvalue weighted by molar-refractivity contribution is 5.61. The van der Waals surface area contributed by atoms with Gasteiger partial charge in [0.1, 0.15) is 0 Å². The molecular formula is C20H33N3. The normalized spacial score (nSPS) is 22.8. The minimum Gasteiger partial charge on any atom is -0.366 e. The zero-order valence-electron chi connectivity index (χ0n) is 15.4. The monoisotopic (exact) mass is 315 g/mol. The van der Waals surface area contributed by atoms with Gasteiger partial charge in [0.25, 0.3) is 0 Å². The van der Waals surface area contributed by atoms with E-state index in [1.807, 2.05) is 0 Å². The van der Waals surface area contributed by atoms with E-state index in [4.69, 9.17) is 0 Å². The van der Waals surface area contributed by atoms with Crippen molar-refractivity contribution in [2.75, 3.05) is 44.7 Å². The highest BCUT2D eigenvalue weighted by atomic mass is 15.2. The fourth-order valence-corrected chi connectivity index (χ4v) is 4.23. The Kier molecular flexibility index (Phi) is 5.27. The molecule has 1 saturated heterocycles. The molecule has 1 aromatic rings. The Morgan fingerprint density at radius 2 is 1.87 bits per heavy atom. The number of aryl methyl sites for hydroxylation is 1. The topological polar surface area (TPSA) is 9.72 Å². The van der Waals surface area contributed by atoms with Crippen LogP contribution in [0.25, 0.3) is 0 Å². The Morgan fingerprint density at radius 3 is 2.57 bits per heavy atom. The van der Waals surface area contributed by atoms with E-state index >= 15 is 0 Å². The molecule has 2 aliphatic heterocycles. The minimum absolute atomic E-state index is 0.592. The third-order valence-corrected chi connectivity index (χ3v) is 5.50. The Labute approximate surface area is 142 Å². The second-order valence-electron chi connectivity index (χ2n) is 7.77. The van der Waals surface area contributed by atoms with E-state index in [0.29, 0.717) is 12.1 Å². The molecule has 0 aromatic heterocycles. The molecule has 0 bridgehead atoms. The first kappa shape index (κ1) is 16.8. The van der Waals surface area contributed by atoms with Crippen LogP contribution in [0.4, 0.5) is 5.69 Å². The molecule has 0 saturated carbocycles. The molecule has 128 valence electrons. The molecule has 3 rings (SSSR count). The number of piperazine rings is 1. The summed E-state index contributed by atoms with van der Waals surface area (Å²) in [5.41, 5.74) is 4.55. The van der Waals surface area contributed by atoms with Gasteiger partial charge in [-0.25, -0.2) is 0 Å². The second-order valence-corrected chi connectivity index (χ2v) is 7.77. The van der Waals surface area contributed by atoms with Gasteiger partial charge in [-0.15, -0.1) is 0 Å². The van der Waals surface area contributed by atoms with Gasteiger partial charge in [0.05, 0.1) is 0 Å². The van der Waals surface area contributed by atoms with Crippen LogP contribution in [0.5, 0.6) is 0 Å². The fourth-order valence-electron chi connectivity index (χ4n) is 4.23. The summed E-state index contributed by atoms with van der Waals surface area (Å²) in [6.07, 6.45) is 3.71. The van der Waals surface area contributed by atoms with Crippen LogP contribution < -0.4 is 4.90 Å². The van der Waals surface area contributed by atoms with Crippen molar-refractivity contribution in [3.05, 3.63) is 29.3 Å². The van der Waals surface area contributed by atoms with Gasteiger partial charge in [0, 0.05) is 44.0 Å². The van der Waals surface area contributed by atoms with Gasteiger partial charge in [0.15, 0.2) is 0 Å². The highest BCUT2D eigenvalue weighted by Crippen LogP contribution is 2.34. The molecule has 1 fully saturated rings. The molecule has 2 heterocycles. The van der Waals surface area contributed by atoms with Gasteiger partial charge in [-0.1, -0.05) is 12.1 Å². The first-order chi connectivity index (χ1) is 11.0. The van der Waals surface area contributed by atoms with Gasteiger partial charge < -0.3 is 14.7 Å². The van der Waals surface area contributed by atoms with Crippen LogP contribution in [0.15, 0.2) is 18.2 Å². The lowest BCUT2D eigenvalue weighted by molar-refractivity contribution is 0.153. The zero-order chi connectivity index (χ0) is 16.4. The molecule has 0 aliphatic carbocycles. The molecule has 23 heavy (non-hydrogen) atoms. The molecule has 1 atom stereocenters. The van der Waals surface area contributed by atoms with E-state index in [9.17, 15) is 0 Å². The highest BCUT2D eigenvalue weighted by Gasteiger charge is 2.27. The summed E-state index contributed by atoms with van der Waals surface area (Å²) in [6.45, 7) is 13.1. The first-order valence-corrected chi connectivity index (χ1v) is 9.35. The smallest absolute Gasteiger partial charge is 0.0404 e. The van der Waals surface area contributed by atoms with Gasteiger partial charge in [-0.2, -0.15) is 0 Å². The average molecular weight is 316 g/mol. The molecule has 1 unspecified atom stereocenters. The van der Waals surface area contributed by atoms with Crippen molar-refractivity contribution in [3.8, 4) is 0 Å². The van der Waals surface area contributed by atoms with Crippen molar-refractivity contribution in [1.29, 1.82) is 0 Å². The first-order valence-electron chi connectivity index (χ1n) is 9.35. The van der Waals surface area contributed by atoms with Crippen molar-refractivity contribution in [2.45, 2.75) is 52.1 Å². The van der Waals surface area contributed by atoms with E-state index in [2.05, 4.69) is 60.7 Å². The number of hydrogen-bond acceptors (Lipinski definition) is 3. The molecular weight excluding hydrogens is 282 g/mol. The summed E-state index contributed by atoms with van der Waals surface area (Å²) in [7, 11) is 2.23. The van der Waals surface area contributed by atoms with E-state index < -0.39 is 0 Å². The number of likely N-dealkylation sites (N-methyl/N-ethyl adjacent to an activating group) is 1. The predicted octanol–water partition coefficient (Wildman–Crippen LogP) is 3.03. The summed E-state index contributed by atoms with van der Waals surface area (Å²) in [5.74, 6) is 0. The molecule has 0 spiro atoms. The summed E-state index contributed by atoms with van der Waals surface area (Å²) in [4.78, 5) is 7.62. The van der Waals surface area contributed by atoms with Crippen LogP contribution in [-0.2, 0) is 12.8 Å². The van der Waals surface area contributed by atoms with Gasteiger partial charge in [-0.05, 0) is 70.8 Å². The average Bonchev–Trinajstić information content (AvgIpc) is 2.84. The summed E-state index contributed by atoms with van der Waals surface area (Å²) in [5, 5.41) is 0. The van der Waals surface area contributed by atoms with Crippen molar-refractivity contribution >= 4 is 5.69 Å². The standard InChI is InChI=1S/C20H33N3/c1-16(2)23-17(3)14-19-15-18(7-8-20(19)23)6-5-9-22-12-10-21(4)11-13-22/h7-8,15-17H,5-6,9-14H2,1-4H3. The molecule has 2 aliphatic rings. The lowest BCUT2D eigenvalue weighted by Crippen LogP contribution is -2.44. The third kappa shape index (κ3) is 3.89. The van der Waals surface area contributed by atoms with Crippen LogP contribution in [0, 0.1) is 0 Å². The second kappa shape index (κ2) is 7.23. The lowest BCUT2D eigenvalue weighted by atomic mass is 10.0. The van der Waals surface area contributed by atoms with Crippen molar-refractivity contribution in [2.24, 2.45) is 0 Å². The van der Waals surface area contributed by atoms with Crippen LogP contribution in [0.2, 0.25) is 0 Å². The lowest BCUT2D eigenvalue weighted by Gasteiger charge is -2.32. The molecule has 3 nitrogen and oxygen atoms in total. The maximum atomic E-state index is 2.62. The summed E-state index contributed by atoms with van der Waals surface area (Å²) >= 11 is 0. The van der Waals surface area contributed by atoms with E-state index in [1.165, 1.54) is 63.2 Å². The Hall–Kier alpha value is -1.06. The van der Waals surface area contributed by atoms with Crippen molar-refractivity contribution < 1.29 is 0 Å². The predicted molar refractivity (Wildman–Crippen MR) is 99.5 cm³/mol. The number of fused-ring (bicyclic) bond motifs is 1. The summed E-state index contributed by atoms with van der Waals surface area (Å²) in [6, 6.07) is 8.43. The molecule has 0 radical (unpaired) electrons. The Morgan fingerprint density at radius 1 is 1.13 bits per heavy atom. The third-order valence-electron chi connectivity index (χ3n) is 5.50. The minimum atomic E-state index is 0.592. The quantitative estimate of drug-likeness (QED) is 0.827. The zero-order valence-corrected chi connectivity index (χ0v) is 15.4. The molecule has 1 aromatic carbocycles. The molecule has 0 amide bonds. The fraction of sp³-hybridized carbons (Fsp3) is 0.700. The number of nitrogens with zero attached hydrogens (tertiary/aromatic N) is 3. The molecule has 3 heteroatoms. The maximum absolute atomic E-state index is 2.62. The number of hydrogen-bond donors (Lipinski definition) is 0.